The van der Waals surface area contributed by atoms with Crippen molar-refractivity contribution in [2.75, 3.05) is 68.5 Å². The Morgan fingerprint density at radius 3 is 1.14 bits per heavy atom. The summed E-state index contributed by atoms with van der Waals surface area (Å²) in [6, 6.07) is 0. The van der Waals surface area contributed by atoms with E-state index in [1.807, 2.05) is 0 Å². The van der Waals surface area contributed by atoms with Gasteiger partial charge in [-0.1, -0.05) is 12.8 Å². The van der Waals surface area contributed by atoms with E-state index in [9.17, 15) is 0 Å². The molecule has 0 saturated heterocycles. The molecule has 0 atom stereocenters. The van der Waals surface area contributed by atoms with E-state index in [4.69, 9.17) is 0 Å². The van der Waals surface area contributed by atoms with Gasteiger partial charge < -0.3 is 14.3 Å². The lowest BCUT2D eigenvalue weighted by Crippen LogP contribution is -2.35. The Hall–Kier alpha value is -0.120. The Bertz CT molecular complexity index is 202. The molecule has 0 rings (SSSR count). The summed E-state index contributed by atoms with van der Waals surface area (Å²) in [6.45, 7) is 5.04. The standard InChI is InChI=1S/C18H43N3/c1-20(2,3)17-13-9-7-11-15-19-16-12-8-10-14-18-21(4,5)6/h19H,7-18H2,1-6H3/q+2. The maximum absolute atomic E-state index is 3.59. The monoisotopic (exact) mass is 301 g/mol. The van der Waals surface area contributed by atoms with E-state index in [0.29, 0.717) is 0 Å². The zero-order valence-corrected chi connectivity index (χ0v) is 15.9. The number of hydrogen-bond acceptors (Lipinski definition) is 1. The third-order valence-corrected chi connectivity index (χ3v) is 3.86. The zero-order chi connectivity index (χ0) is 16.2. The van der Waals surface area contributed by atoms with Gasteiger partial charge in [0.25, 0.3) is 0 Å². The molecule has 1 N–H and O–H groups in total. The van der Waals surface area contributed by atoms with Crippen molar-refractivity contribution in [2.45, 2.75) is 51.4 Å². The van der Waals surface area contributed by atoms with Crippen LogP contribution in [0.1, 0.15) is 51.4 Å². The topological polar surface area (TPSA) is 12.0 Å². The maximum atomic E-state index is 3.59. The molecular formula is C18H43N3+2. The molecule has 0 aliphatic heterocycles. The van der Waals surface area contributed by atoms with E-state index in [2.05, 4.69) is 47.6 Å². The molecule has 0 aromatic carbocycles. The van der Waals surface area contributed by atoms with Crippen LogP contribution in [-0.2, 0) is 0 Å². The summed E-state index contributed by atoms with van der Waals surface area (Å²) < 4.78 is 2.21. The van der Waals surface area contributed by atoms with E-state index >= 15 is 0 Å². The molecule has 128 valence electrons. The highest BCUT2D eigenvalue weighted by Gasteiger charge is 2.05. The smallest absolute Gasteiger partial charge is 0.0780 e. The molecule has 0 aliphatic carbocycles. The molecule has 0 aromatic rings. The summed E-state index contributed by atoms with van der Waals surface area (Å²) in [5.41, 5.74) is 0. The Morgan fingerprint density at radius 1 is 0.476 bits per heavy atom. The van der Waals surface area contributed by atoms with Crippen molar-refractivity contribution in [3.05, 3.63) is 0 Å². The molecule has 0 spiro atoms. The summed E-state index contributed by atoms with van der Waals surface area (Å²) in [7, 11) is 13.7. The average Bonchev–Trinajstić information content (AvgIpc) is 2.32. The summed E-state index contributed by atoms with van der Waals surface area (Å²) in [5.74, 6) is 0. The third-order valence-electron chi connectivity index (χ3n) is 3.86. The summed E-state index contributed by atoms with van der Waals surface area (Å²) >= 11 is 0. The number of nitrogens with one attached hydrogen (secondary N) is 1. The van der Waals surface area contributed by atoms with E-state index in [1.54, 1.807) is 0 Å². The number of nitrogens with zero attached hydrogens (tertiary/aromatic N) is 2. The summed E-state index contributed by atoms with van der Waals surface area (Å²) in [6.07, 6.45) is 11.0. The second-order valence-electron chi connectivity index (χ2n) is 8.61. The average molecular weight is 302 g/mol. The molecule has 0 heterocycles. The van der Waals surface area contributed by atoms with Crippen molar-refractivity contribution >= 4 is 0 Å². The molecule has 0 fully saturated rings. The zero-order valence-electron chi connectivity index (χ0n) is 15.9. The van der Waals surface area contributed by atoms with Gasteiger partial charge >= 0.3 is 0 Å². The SMILES string of the molecule is C[N+](C)(C)CCCCCCNCCCCCC[N+](C)(C)C. The van der Waals surface area contributed by atoms with E-state index < -0.39 is 0 Å². The largest absolute Gasteiger partial charge is 0.331 e. The minimum atomic E-state index is 1.10. The Kier molecular flexibility index (Phi) is 11.4. The van der Waals surface area contributed by atoms with E-state index in [1.165, 1.54) is 77.5 Å². The van der Waals surface area contributed by atoms with Crippen molar-refractivity contribution < 1.29 is 8.97 Å². The Labute approximate surface area is 134 Å². The van der Waals surface area contributed by atoms with Crippen molar-refractivity contribution in [1.29, 1.82) is 0 Å². The third kappa shape index (κ3) is 19.9. The highest BCUT2D eigenvalue weighted by Crippen LogP contribution is 2.04. The van der Waals surface area contributed by atoms with Crippen LogP contribution in [0.4, 0.5) is 0 Å². The molecule has 0 bridgehead atoms. The predicted octanol–water partition coefficient (Wildman–Crippen LogP) is 3.11. The molecule has 0 saturated carbocycles. The Morgan fingerprint density at radius 2 is 0.810 bits per heavy atom. The number of rotatable bonds is 14. The molecule has 0 unspecified atom stereocenters. The first-order valence-corrected chi connectivity index (χ1v) is 9.02. The van der Waals surface area contributed by atoms with Crippen LogP contribution in [0, 0.1) is 0 Å². The second kappa shape index (κ2) is 11.4. The van der Waals surface area contributed by atoms with E-state index in [-0.39, 0.29) is 0 Å². The van der Waals surface area contributed by atoms with Gasteiger partial charge in [0, 0.05) is 0 Å². The lowest BCUT2D eigenvalue weighted by molar-refractivity contribution is -0.870. The van der Waals surface area contributed by atoms with E-state index in [0.717, 1.165) is 8.97 Å². The van der Waals surface area contributed by atoms with Crippen molar-refractivity contribution in [1.82, 2.24) is 5.32 Å². The number of hydrogen-bond donors (Lipinski definition) is 1. The minimum absolute atomic E-state index is 1.10. The highest BCUT2D eigenvalue weighted by atomic mass is 15.3. The van der Waals surface area contributed by atoms with Crippen molar-refractivity contribution in [3.63, 3.8) is 0 Å². The molecule has 0 amide bonds. The van der Waals surface area contributed by atoms with Gasteiger partial charge in [0.2, 0.25) is 0 Å². The fourth-order valence-electron chi connectivity index (χ4n) is 2.50. The van der Waals surface area contributed by atoms with Crippen LogP contribution in [0.2, 0.25) is 0 Å². The van der Waals surface area contributed by atoms with Crippen LogP contribution in [0.15, 0.2) is 0 Å². The fraction of sp³-hybridized carbons (Fsp3) is 1.00. The second-order valence-corrected chi connectivity index (χ2v) is 8.61. The van der Waals surface area contributed by atoms with Crippen LogP contribution >= 0.6 is 0 Å². The lowest BCUT2D eigenvalue weighted by atomic mass is 10.1. The van der Waals surface area contributed by atoms with Crippen LogP contribution in [0.5, 0.6) is 0 Å². The quantitative estimate of drug-likeness (QED) is 0.384. The first kappa shape index (κ1) is 20.9. The normalized spacial score (nSPS) is 12.9. The van der Waals surface area contributed by atoms with Gasteiger partial charge in [-0.2, -0.15) is 0 Å². The summed E-state index contributed by atoms with van der Waals surface area (Å²) in [4.78, 5) is 0. The van der Waals surface area contributed by atoms with Crippen LogP contribution in [0.25, 0.3) is 0 Å². The number of quaternary nitrogens is 2. The molecule has 3 heteroatoms. The molecule has 0 aliphatic rings. The van der Waals surface area contributed by atoms with Gasteiger partial charge in [-0.15, -0.1) is 0 Å². The summed E-state index contributed by atoms with van der Waals surface area (Å²) in [5, 5.41) is 3.59. The van der Waals surface area contributed by atoms with Gasteiger partial charge in [-0.3, -0.25) is 0 Å². The molecule has 21 heavy (non-hydrogen) atoms. The van der Waals surface area contributed by atoms with Gasteiger partial charge in [-0.25, -0.2) is 0 Å². The van der Waals surface area contributed by atoms with Gasteiger partial charge in [-0.05, 0) is 51.6 Å². The van der Waals surface area contributed by atoms with Crippen LogP contribution in [0.3, 0.4) is 0 Å². The fourth-order valence-corrected chi connectivity index (χ4v) is 2.50. The molecular weight excluding hydrogens is 258 g/mol. The highest BCUT2D eigenvalue weighted by molar-refractivity contribution is 4.51. The molecule has 3 nitrogen and oxygen atoms in total. The van der Waals surface area contributed by atoms with Gasteiger partial charge in [0.15, 0.2) is 0 Å². The van der Waals surface area contributed by atoms with Gasteiger partial charge in [0.05, 0.1) is 55.4 Å². The minimum Gasteiger partial charge on any atom is -0.331 e. The molecule has 0 aromatic heterocycles. The first-order chi connectivity index (χ1) is 9.71. The van der Waals surface area contributed by atoms with Crippen molar-refractivity contribution in [3.8, 4) is 0 Å². The first-order valence-electron chi connectivity index (χ1n) is 9.02. The maximum Gasteiger partial charge on any atom is 0.0780 e. The van der Waals surface area contributed by atoms with Crippen molar-refractivity contribution in [2.24, 2.45) is 0 Å². The van der Waals surface area contributed by atoms with Gasteiger partial charge in [0.1, 0.15) is 0 Å². The van der Waals surface area contributed by atoms with Crippen LogP contribution in [-0.4, -0.2) is 77.4 Å². The number of unbranched alkanes of at least 4 members (excludes halogenated alkanes) is 6. The predicted molar refractivity (Wildman–Crippen MR) is 95.6 cm³/mol. The Balaban J connectivity index is 3.10. The van der Waals surface area contributed by atoms with Crippen LogP contribution < -0.4 is 5.32 Å². The molecule has 0 radical (unpaired) electrons. The lowest BCUT2D eigenvalue weighted by Gasteiger charge is -2.23.